The number of halogens is 2. The van der Waals surface area contributed by atoms with Crippen LogP contribution in [0.4, 0.5) is 5.69 Å². The summed E-state index contributed by atoms with van der Waals surface area (Å²) in [6, 6.07) is 7.19. The van der Waals surface area contributed by atoms with Crippen molar-refractivity contribution in [1.29, 1.82) is 0 Å². The smallest absolute Gasteiger partial charge is 0.272 e. The van der Waals surface area contributed by atoms with Gasteiger partial charge in [0.05, 0.1) is 17.8 Å². The van der Waals surface area contributed by atoms with Crippen molar-refractivity contribution in [3.8, 4) is 5.75 Å². The van der Waals surface area contributed by atoms with Gasteiger partial charge in [0.1, 0.15) is 11.4 Å². The molecule has 1 N–H and O–H groups in total. The number of methoxy groups -OCH3 is 1. The maximum Gasteiger partial charge on any atom is 0.272 e. The van der Waals surface area contributed by atoms with E-state index < -0.39 is 0 Å². The van der Waals surface area contributed by atoms with Gasteiger partial charge in [-0.1, -0.05) is 11.6 Å². The summed E-state index contributed by atoms with van der Waals surface area (Å²) in [5.41, 5.74) is 1.16. The number of hydrogen-bond donors (Lipinski definition) is 1. The molecule has 0 aliphatic heterocycles. The molecule has 1 amide bonds. The highest BCUT2D eigenvalue weighted by Crippen LogP contribution is 2.28. The summed E-state index contributed by atoms with van der Waals surface area (Å²) in [6.45, 7) is 3.99. The van der Waals surface area contributed by atoms with Crippen LogP contribution in [0.2, 0.25) is 5.02 Å². The molecule has 0 radical (unpaired) electrons. The van der Waals surface area contributed by atoms with Gasteiger partial charge in [0.25, 0.3) is 5.91 Å². The molecule has 0 saturated carbocycles. The van der Waals surface area contributed by atoms with Crippen LogP contribution in [0.25, 0.3) is 0 Å². The Morgan fingerprint density at radius 3 is 2.71 bits per heavy atom. The van der Waals surface area contributed by atoms with E-state index in [9.17, 15) is 4.79 Å². The van der Waals surface area contributed by atoms with Gasteiger partial charge in [-0.15, -0.1) is 0 Å². The Kier molecular flexibility index (Phi) is 4.96. The summed E-state index contributed by atoms with van der Waals surface area (Å²) in [4.78, 5) is 12.5. The number of benzene rings is 1. The molecule has 0 aliphatic rings. The lowest BCUT2D eigenvalue weighted by atomic mass is 10.2. The quantitative estimate of drug-likeness (QED) is 0.843. The summed E-state index contributed by atoms with van der Waals surface area (Å²) in [7, 11) is 1.58. The van der Waals surface area contributed by atoms with Crippen molar-refractivity contribution in [3.05, 3.63) is 45.7 Å². The Bertz CT molecular complexity index is 668. The fourth-order valence-electron chi connectivity index (χ4n) is 1.97. The summed E-state index contributed by atoms with van der Waals surface area (Å²) >= 11 is 9.42. The van der Waals surface area contributed by atoms with Crippen molar-refractivity contribution >= 4 is 39.1 Å². The Morgan fingerprint density at radius 2 is 2.10 bits per heavy atom. The third-order valence-corrected chi connectivity index (χ3v) is 3.92. The van der Waals surface area contributed by atoms with Gasteiger partial charge < -0.3 is 14.6 Å². The molecule has 1 aromatic heterocycles. The Hall–Kier alpha value is -1.46. The number of carbonyl (C=O) groups excluding carboxylic acids is 1. The predicted octanol–water partition coefficient (Wildman–Crippen LogP) is 4.75. The minimum atomic E-state index is -0.218. The summed E-state index contributed by atoms with van der Waals surface area (Å²) < 4.78 is 7.79. The molecule has 0 spiro atoms. The second-order valence-corrected chi connectivity index (χ2v) is 6.14. The number of hydrogen-bond acceptors (Lipinski definition) is 2. The van der Waals surface area contributed by atoms with Gasteiger partial charge in [-0.2, -0.15) is 0 Å². The summed E-state index contributed by atoms with van der Waals surface area (Å²) in [5, 5.41) is 3.40. The summed E-state index contributed by atoms with van der Waals surface area (Å²) in [6.07, 6.45) is 1.75. The average Bonchev–Trinajstić information content (AvgIpc) is 2.83. The van der Waals surface area contributed by atoms with Gasteiger partial charge in [-0.3, -0.25) is 4.79 Å². The number of amides is 1. The van der Waals surface area contributed by atoms with Gasteiger partial charge >= 0.3 is 0 Å². The SMILES string of the molecule is COc1ccc(Br)c(NC(=O)c2cc(Cl)cn2C(C)C)c1. The van der Waals surface area contributed by atoms with E-state index in [-0.39, 0.29) is 11.9 Å². The molecule has 0 aliphatic carbocycles. The third-order valence-electron chi connectivity index (χ3n) is 3.03. The standard InChI is InChI=1S/C15H16BrClN2O2/c1-9(2)19-8-10(17)6-14(19)15(20)18-13-7-11(21-3)4-5-12(13)16/h4-9H,1-3H3,(H,18,20). The molecule has 0 saturated heterocycles. The van der Waals surface area contributed by atoms with Gasteiger partial charge in [0.15, 0.2) is 0 Å². The first-order valence-electron chi connectivity index (χ1n) is 6.44. The molecule has 1 aromatic carbocycles. The first-order chi connectivity index (χ1) is 9.92. The molecule has 0 atom stereocenters. The number of anilines is 1. The van der Waals surface area contributed by atoms with E-state index in [1.165, 1.54) is 0 Å². The van der Waals surface area contributed by atoms with E-state index in [0.717, 1.165) is 4.47 Å². The molecule has 4 nitrogen and oxygen atoms in total. The minimum absolute atomic E-state index is 0.145. The van der Waals surface area contributed by atoms with Crippen LogP contribution in [-0.4, -0.2) is 17.6 Å². The zero-order valence-electron chi connectivity index (χ0n) is 12.0. The fourth-order valence-corrected chi connectivity index (χ4v) is 2.52. The van der Waals surface area contributed by atoms with Crippen molar-refractivity contribution in [2.45, 2.75) is 19.9 Å². The van der Waals surface area contributed by atoms with E-state index in [0.29, 0.717) is 22.2 Å². The van der Waals surface area contributed by atoms with E-state index in [1.807, 2.05) is 30.5 Å². The maximum atomic E-state index is 12.5. The highest BCUT2D eigenvalue weighted by Gasteiger charge is 2.16. The van der Waals surface area contributed by atoms with Crippen LogP contribution < -0.4 is 10.1 Å². The van der Waals surface area contributed by atoms with Crippen LogP contribution in [0.3, 0.4) is 0 Å². The lowest BCUT2D eigenvalue weighted by Gasteiger charge is -2.14. The first kappa shape index (κ1) is 15.9. The average molecular weight is 372 g/mol. The monoisotopic (exact) mass is 370 g/mol. The van der Waals surface area contributed by atoms with Crippen molar-refractivity contribution in [2.24, 2.45) is 0 Å². The number of ether oxygens (including phenoxy) is 1. The van der Waals surface area contributed by atoms with Gasteiger partial charge in [-0.25, -0.2) is 0 Å². The van der Waals surface area contributed by atoms with Crippen LogP contribution >= 0.6 is 27.5 Å². The van der Waals surface area contributed by atoms with Crippen molar-refractivity contribution in [3.63, 3.8) is 0 Å². The largest absolute Gasteiger partial charge is 0.497 e. The van der Waals surface area contributed by atoms with Gasteiger partial charge in [0.2, 0.25) is 0 Å². The van der Waals surface area contributed by atoms with Gasteiger partial charge in [0, 0.05) is 22.8 Å². The number of aromatic nitrogens is 1. The number of carbonyl (C=O) groups is 1. The van der Waals surface area contributed by atoms with Crippen LogP contribution in [0.15, 0.2) is 34.9 Å². The highest BCUT2D eigenvalue weighted by atomic mass is 79.9. The molecule has 2 aromatic rings. The molecule has 2 rings (SSSR count). The first-order valence-corrected chi connectivity index (χ1v) is 7.61. The molecule has 0 unspecified atom stereocenters. The van der Waals surface area contributed by atoms with Crippen LogP contribution in [0.1, 0.15) is 30.4 Å². The van der Waals surface area contributed by atoms with Crippen LogP contribution in [0.5, 0.6) is 5.75 Å². The van der Waals surface area contributed by atoms with E-state index in [4.69, 9.17) is 16.3 Å². The minimum Gasteiger partial charge on any atom is -0.497 e. The normalized spacial score (nSPS) is 10.8. The summed E-state index contributed by atoms with van der Waals surface area (Å²) in [5.74, 6) is 0.454. The third kappa shape index (κ3) is 3.60. The lowest BCUT2D eigenvalue weighted by molar-refractivity contribution is 0.101. The van der Waals surface area contributed by atoms with Crippen molar-refractivity contribution in [2.75, 3.05) is 12.4 Å². The lowest BCUT2D eigenvalue weighted by Crippen LogP contribution is -2.18. The molecule has 0 fully saturated rings. The van der Waals surface area contributed by atoms with Gasteiger partial charge in [-0.05, 0) is 48.0 Å². The van der Waals surface area contributed by atoms with E-state index in [1.54, 1.807) is 25.4 Å². The molecule has 0 bridgehead atoms. The predicted molar refractivity (Wildman–Crippen MR) is 88.5 cm³/mol. The van der Waals surface area contributed by atoms with Crippen molar-refractivity contribution < 1.29 is 9.53 Å². The Balaban J connectivity index is 2.30. The second-order valence-electron chi connectivity index (χ2n) is 4.84. The fraction of sp³-hybridized carbons (Fsp3) is 0.267. The maximum absolute atomic E-state index is 12.5. The molecule has 112 valence electrons. The molecular weight excluding hydrogens is 356 g/mol. The number of nitrogens with zero attached hydrogens (tertiary/aromatic N) is 1. The zero-order valence-corrected chi connectivity index (χ0v) is 14.3. The van der Waals surface area contributed by atoms with E-state index >= 15 is 0 Å². The number of nitrogens with one attached hydrogen (secondary N) is 1. The van der Waals surface area contributed by atoms with Crippen LogP contribution in [0, 0.1) is 0 Å². The molecule has 1 heterocycles. The van der Waals surface area contributed by atoms with Crippen molar-refractivity contribution in [1.82, 2.24) is 4.57 Å². The second kappa shape index (κ2) is 6.54. The zero-order chi connectivity index (χ0) is 15.6. The molecule has 6 heteroatoms. The Morgan fingerprint density at radius 1 is 1.38 bits per heavy atom. The van der Waals surface area contributed by atoms with Crippen LogP contribution in [-0.2, 0) is 0 Å². The number of rotatable bonds is 4. The Labute approximate surface area is 137 Å². The van der Waals surface area contributed by atoms with E-state index in [2.05, 4.69) is 21.2 Å². The highest BCUT2D eigenvalue weighted by molar-refractivity contribution is 9.10. The molecule has 21 heavy (non-hydrogen) atoms. The topological polar surface area (TPSA) is 43.3 Å². The molecular formula is C15H16BrClN2O2.